The summed E-state index contributed by atoms with van der Waals surface area (Å²) in [7, 11) is 0. The van der Waals surface area contributed by atoms with Crippen molar-refractivity contribution in [1.82, 2.24) is 4.90 Å². The van der Waals surface area contributed by atoms with Crippen LogP contribution in [0.1, 0.15) is 12.0 Å². The second-order valence-corrected chi connectivity index (χ2v) is 5.16. The van der Waals surface area contributed by atoms with Crippen molar-refractivity contribution < 1.29 is 19.5 Å². The minimum atomic E-state index is -0.572. The van der Waals surface area contributed by atoms with Gasteiger partial charge in [0.25, 0.3) is 5.91 Å². The summed E-state index contributed by atoms with van der Waals surface area (Å²) < 4.78 is 5.35. The third-order valence-corrected chi connectivity index (χ3v) is 3.71. The average molecular weight is 290 g/mol. The molecule has 1 aromatic rings. The van der Waals surface area contributed by atoms with Crippen LogP contribution in [0.25, 0.3) is 0 Å². The summed E-state index contributed by atoms with van der Waals surface area (Å²) >= 11 is 0. The molecule has 1 saturated heterocycles. The van der Waals surface area contributed by atoms with Crippen LogP contribution in [0.3, 0.4) is 0 Å². The smallest absolute Gasteiger partial charge is 0.267 e. The number of carbonyl (C=O) groups is 1. The van der Waals surface area contributed by atoms with Crippen molar-refractivity contribution in [3.05, 3.63) is 35.9 Å². The molecular weight excluding hydrogens is 272 g/mol. The highest BCUT2D eigenvalue weighted by Gasteiger charge is 2.34. The maximum Gasteiger partial charge on any atom is 0.267 e. The number of ether oxygens (including phenoxy) is 1. The van der Waals surface area contributed by atoms with E-state index in [1.165, 1.54) is 0 Å². The number of nitrogens with zero attached hydrogens (tertiary/aromatic N) is 2. The molecule has 0 aromatic heterocycles. The molecule has 0 bridgehead atoms. The molecule has 3 rings (SSSR count). The fraction of sp³-hybridized carbons (Fsp3) is 0.467. The summed E-state index contributed by atoms with van der Waals surface area (Å²) in [6.07, 6.45) is -0.402. The van der Waals surface area contributed by atoms with Crippen LogP contribution in [0.4, 0.5) is 0 Å². The number of hydrogen-bond acceptors (Lipinski definition) is 5. The Morgan fingerprint density at radius 2 is 2.19 bits per heavy atom. The Morgan fingerprint density at radius 3 is 2.95 bits per heavy atom. The number of carbonyl (C=O) groups excluding carboxylic acids is 1. The van der Waals surface area contributed by atoms with Crippen molar-refractivity contribution in [2.75, 3.05) is 26.3 Å². The topological polar surface area (TPSA) is 71.4 Å². The minimum Gasteiger partial charge on any atom is -0.394 e. The molecule has 1 fully saturated rings. The Labute approximate surface area is 122 Å². The number of hydrogen-bond donors (Lipinski definition) is 1. The molecule has 0 saturated carbocycles. The van der Waals surface area contributed by atoms with Crippen LogP contribution in [-0.2, 0) is 14.4 Å². The first-order valence-corrected chi connectivity index (χ1v) is 7.07. The van der Waals surface area contributed by atoms with Crippen LogP contribution in [0.5, 0.6) is 0 Å². The van der Waals surface area contributed by atoms with Gasteiger partial charge in [-0.05, 0) is 5.56 Å². The van der Waals surface area contributed by atoms with Gasteiger partial charge in [-0.15, -0.1) is 0 Å². The zero-order valence-electron chi connectivity index (χ0n) is 11.6. The number of aliphatic hydroxyl groups is 1. The van der Waals surface area contributed by atoms with Crippen LogP contribution in [-0.4, -0.2) is 60.1 Å². The van der Waals surface area contributed by atoms with Gasteiger partial charge in [-0.2, -0.15) is 0 Å². The van der Waals surface area contributed by atoms with E-state index >= 15 is 0 Å². The SMILES string of the molecule is O=C(C1CC(c2ccccc2)=NO1)N1CCOC(CO)C1. The largest absolute Gasteiger partial charge is 0.394 e. The first-order chi connectivity index (χ1) is 10.3. The van der Waals surface area contributed by atoms with Gasteiger partial charge in [0.15, 0.2) is 0 Å². The fourth-order valence-corrected chi connectivity index (χ4v) is 2.54. The standard InChI is InChI=1S/C15H18N2O4/c18-10-12-9-17(6-7-20-12)15(19)14-8-13(16-21-14)11-4-2-1-3-5-11/h1-5,12,14,18H,6-10H2. The summed E-state index contributed by atoms with van der Waals surface area (Å²) in [5.74, 6) is -0.0913. The lowest BCUT2D eigenvalue weighted by Gasteiger charge is -2.32. The third kappa shape index (κ3) is 3.06. The van der Waals surface area contributed by atoms with Crippen molar-refractivity contribution in [2.45, 2.75) is 18.6 Å². The lowest BCUT2D eigenvalue weighted by molar-refractivity contribution is -0.150. The lowest BCUT2D eigenvalue weighted by atomic mass is 10.0. The highest BCUT2D eigenvalue weighted by atomic mass is 16.6. The Kier molecular flexibility index (Phi) is 4.17. The van der Waals surface area contributed by atoms with Crippen LogP contribution in [0, 0.1) is 0 Å². The van der Waals surface area contributed by atoms with Gasteiger partial charge in [-0.1, -0.05) is 35.5 Å². The number of amides is 1. The average Bonchev–Trinajstić information content (AvgIpc) is 3.05. The molecule has 0 radical (unpaired) electrons. The van der Waals surface area contributed by atoms with Gasteiger partial charge in [-0.25, -0.2) is 0 Å². The summed E-state index contributed by atoms with van der Waals surface area (Å²) in [5, 5.41) is 13.2. The Balaban J connectivity index is 1.61. The zero-order chi connectivity index (χ0) is 14.7. The predicted molar refractivity (Wildman–Crippen MR) is 75.9 cm³/mol. The van der Waals surface area contributed by atoms with Crippen LogP contribution >= 0.6 is 0 Å². The van der Waals surface area contributed by atoms with Crippen molar-refractivity contribution in [2.24, 2.45) is 5.16 Å². The van der Waals surface area contributed by atoms with Crippen molar-refractivity contribution in [3.63, 3.8) is 0 Å². The van der Waals surface area contributed by atoms with E-state index in [4.69, 9.17) is 14.7 Å². The molecule has 2 aliphatic heterocycles. The normalized spacial score (nSPS) is 25.4. The quantitative estimate of drug-likeness (QED) is 0.874. The minimum absolute atomic E-state index is 0.0823. The summed E-state index contributed by atoms with van der Waals surface area (Å²) in [6.45, 7) is 1.28. The van der Waals surface area contributed by atoms with Crippen LogP contribution < -0.4 is 0 Å². The van der Waals surface area contributed by atoms with Crippen molar-refractivity contribution in [3.8, 4) is 0 Å². The molecule has 1 N–H and O–H groups in total. The molecule has 2 aliphatic rings. The van der Waals surface area contributed by atoms with Crippen molar-refractivity contribution in [1.29, 1.82) is 0 Å². The number of oxime groups is 1. The van der Waals surface area contributed by atoms with E-state index in [0.717, 1.165) is 11.3 Å². The maximum atomic E-state index is 12.4. The number of aliphatic hydroxyl groups excluding tert-OH is 1. The molecule has 1 aromatic carbocycles. The van der Waals surface area contributed by atoms with E-state index in [-0.39, 0.29) is 18.6 Å². The molecule has 2 heterocycles. The molecule has 1 amide bonds. The Morgan fingerprint density at radius 1 is 1.38 bits per heavy atom. The fourth-order valence-electron chi connectivity index (χ4n) is 2.54. The van der Waals surface area contributed by atoms with Gasteiger partial charge in [0.2, 0.25) is 6.10 Å². The summed E-state index contributed by atoms with van der Waals surface area (Å²) in [5.41, 5.74) is 1.77. The predicted octanol–water partition coefficient (Wildman–Crippen LogP) is 0.399. The second-order valence-electron chi connectivity index (χ2n) is 5.16. The first kappa shape index (κ1) is 14.0. The monoisotopic (exact) mass is 290 g/mol. The van der Waals surface area contributed by atoms with E-state index in [1.54, 1.807) is 4.90 Å². The van der Waals surface area contributed by atoms with Gasteiger partial charge in [0.05, 0.1) is 25.0 Å². The molecule has 2 unspecified atom stereocenters. The van der Waals surface area contributed by atoms with E-state index < -0.39 is 6.10 Å². The summed E-state index contributed by atoms with van der Waals surface area (Å²) in [6, 6.07) is 9.70. The van der Waals surface area contributed by atoms with E-state index in [2.05, 4.69) is 5.16 Å². The van der Waals surface area contributed by atoms with E-state index in [1.807, 2.05) is 30.3 Å². The number of benzene rings is 1. The molecule has 0 spiro atoms. The Hall–Kier alpha value is -1.92. The molecule has 21 heavy (non-hydrogen) atoms. The first-order valence-electron chi connectivity index (χ1n) is 7.07. The lowest BCUT2D eigenvalue weighted by Crippen LogP contribution is -2.50. The second kappa shape index (κ2) is 6.24. The highest BCUT2D eigenvalue weighted by molar-refractivity contribution is 6.04. The zero-order valence-corrected chi connectivity index (χ0v) is 11.6. The molecule has 0 aliphatic carbocycles. The van der Waals surface area contributed by atoms with Gasteiger partial charge in [-0.3, -0.25) is 4.79 Å². The van der Waals surface area contributed by atoms with Gasteiger partial charge < -0.3 is 19.6 Å². The number of rotatable bonds is 3. The third-order valence-electron chi connectivity index (χ3n) is 3.71. The van der Waals surface area contributed by atoms with Crippen LogP contribution in [0.2, 0.25) is 0 Å². The van der Waals surface area contributed by atoms with Crippen molar-refractivity contribution >= 4 is 11.6 Å². The van der Waals surface area contributed by atoms with Gasteiger partial charge in [0.1, 0.15) is 0 Å². The van der Waals surface area contributed by atoms with Crippen LogP contribution in [0.15, 0.2) is 35.5 Å². The molecule has 6 nitrogen and oxygen atoms in total. The van der Waals surface area contributed by atoms with Gasteiger partial charge in [0, 0.05) is 19.5 Å². The van der Waals surface area contributed by atoms with E-state index in [0.29, 0.717) is 26.1 Å². The molecule has 112 valence electrons. The number of morpholine rings is 1. The van der Waals surface area contributed by atoms with E-state index in [9.17, 15) is 4.79 Å². The molecule has 6 heteroatoms. The maximum absolute atomic E-state index is 12.4. The molecular formula is C15H18N2O4. The Bertz CT molecular complexity index is 532. The highest BCUT2D eigenvalue weighted by Crippen LogP contribution is 2.19. The molecule has 2 atom stereocenters. The summed E-state index contributed by atoms with van der Waals surface area (Å²) in [4.78, 5) is 19.4. The van der Waals surface area contributed by atoms with Gasteiger partial charge >= 0.3 is 0 Å².